The van der Waals surface area contributed by atoms with E-state index in [1.54, 1.807) is 14.0 Å². The minimum atomic E-state index is -0.00127. The molecule has 1 aromatic heterocycles. The van der Waals surface area contributed by atoms with Crippen LogP contribution in [0.15, 0.2) is 0 Å². The number of hydrogen-bond donors (Lipinski definition) is 4. The molecule has 0 fully saturated rings. The second-order valence-electron chi connectivity index (χ2n) is 4.05. The average Bonchev–Trinajstić information content (AvgIpc) is 2.34. The summed E-state index contributed by atoms with van der Waals surface area (Å²) in [6, 6.07) is -0.00127. The summed E-state index contributed by atoms with van der Waals surface area (Å²) in [6.45, 7) is 4.25. The number of aliphatic hydroxyl groups is 1. The van der Waals surface area contributed by atoms with Gasteiger partial charge in [-0.3, -0.25) is 0 Å². The molecule has 1 atom stereocenters. The Balaban J connectivity index is 2.90. The number of nitrogens with two attached hydrogens (primary N) is 1. The normalized spacial score (nSPS) is 12.3. The van der Waals surface area contributed by atoms with E-state index in [0.29, 0.717) is 30.5 Å². The fraction of sp³-hybridized carbons (Fsp3) is 0.636. The van der Waals surface area contributed by atoms with Gasteiger partial charge in [-0.1, -0.05) is 0 Å². The summed E-state index contributed by atoms with van der Waals surface area (Å²) >= 11 is 0. The monoisotopic (exact) mass is 255 g/mol. The first-order valence-electron chi connectivity index (χ1n) is 5.80. The van der Waals surface area contributed by atoms with Crippen molar-refractivity contribution in [2.24, 2.45) is 5.84 Å². The molecule has 0 aliphatic carbocycles. The van der Waals surface area contributed by atoms with E-state index in [1.165, 1.54) is 0 Å². The summed E-state index contributed by atoms with van der Waals surface area (Å²) in [4.78, 5) is 8.51. The maximum Gasteiger partial charge on any atom is 0.148 e. The number of nitrogen functional groups attached to an aromatic ring is 1. The summed E-state index contributed by atoms with van der Waals surface area (Å²) in [6.07, 6.45) is 0.585. The van der Waals surface area contributed by atoms with Gasteiger partial charge >= 0.3 is 0 Å². The molecule has 102 valence electrons. The number of aliphatic hydroxyl groups excluding tert-OH is 1. The van der Waals surface area contributed by atoms with E-state index in [2.05, 4.69) is 20.7 Å². The van der Waals surface area contributed by atoms with Crippen molar-refractivity contribution < 1.29 is 9.84 Å². The zero-order valence-corrected chi connectivity index (χ0v) is 11.0. The van der Waals surface area contributed by atoms with Crippen LogP contribution in [0.3, 0.4) is 0 Å². The SMILES string of the molecule is COCC(CCO)Nc1nc(C)nc(NN)c1C. The number of anilines is 2. The lowest BCUT2D eigenvalue weighted by molar-refractivity contribution is 0.170. The smallest absolute Gasteiger partial charge is 0.148 e. The van der Waals surface area contributed by atoms with Gasteiger partial charge in [0.1, 0.15) is 17.5 Å². The van der Waals surface area contributed by atoms with Crippen molar-refractivity contribution in [3.05, 3.63) is 11.4 Å². The van der Waals surface area contributed by atoms with E-state index in [4.69, 9.17) is 15.7 Å². The number of rotatable bonds is 7. The summed E-state index contributed by atoms with van der Waals surface area (Å²) in [7, 11) is 1.62. The molecule has 0 radical (unpaired) electrons. The maximum atomic E-state index is 9.01. The molecule has 5 N–H and O–H groups in total. The Bertz CT molecular complexity index is 380. The molecule has 0 aliphatic rings. The highest BCUT2D eigenvalue weighted by Gasteiger charge is 2.13. The number of nitrogens with zero attached hydrogens (tertiary/aromatic N) is 2. The zero-order chi connectivity index (χ0) is 13.5. The average molecular weight is 255 g/mol. The van der Waals surface area contributed by atoms with Gasteiger partial charge in [0.2, 0.25) is 0 Å². The molecule has 1 unspecified atom stereocenters. The van der Waals surface area contributed by atoms with Gasteiger partial charge in [0.15, 0.2) is 0 Å². The third kappa shape index (κ3) is 3.80. The molecule has 18 heavy (non-hydrogen) atoms. The Labute approximate surface area is 107 Å². The van der Waals surface area contributed by atoms with Crippen LogP contribution in [-0.4, -0.2) is 41.4 Å². The van der Waals surface area contributed by atoms with Gasteiger partial charge in [0.25, 0.3) is 0 Å². The van der Waals surface area contributed by atoms with Crippen LogP contribution in [-0.2, 0) is 4.74 Å². The van der Waals surface area contributed by atoms with Gasteiger partial charge in [-0.25, -0.2) is 15.8 Å². The molecule has 7 nitrogen and oxygen atoms in total. The van der Waals surface area contributed by atoms with Gasteiger partial charge in [0, 0.05) is 19.3 Å². The Kier molecular flexibility index (Phi) is 5.76. The van der Waals surface area contributed by atoms with Crippen LogP contribution in [0.1, 0.15) is 17.8 Å². The minimum Gasteiger partial charge on any atom is -0.396 e. The van der Waals surface area contributed by atoms with Crippen LogP contribution < -0.4 is 16.6 Å². The van der Waals surface area contributed by atoms with E-state index >= 15 is 0 Å². The second kappa shape index (κ2) is 7.10. The van der Waals surface area contributed by atoms with Crippen LogP contribution in [0, 0.1) is 13.8 Å². The number of aryl methyl sites for hydroxylation is 1. The second-order valence-corrected chi connectivity index (χ2v) is 4.05. The molecule has 7 heteroatoms. The Morgan fingerprint density at radius 3 is 2.56 bits per heavy atom. The highest BCUT2D eigenvalue weighted by atomic mass is 16.5. The maximum absolute atomic E-state index is 9.01. The van der Waals surface area contributed by atoms with Crippen LogP contribution in [0.25, 0.3) is 0 Å². The van der Waals surface area contributed by atoms with Crippen LogP contribution in [0.4, 0.5) is 11.6 Å². The Morgan fingerprint density at radius 2 is 2.00 bits per heavy atom. The van der Waals surface area contributed by atoms with Crippen molar-refractivity contribution in [3.63, 3.8) is 0 Å². The Hall–Kier alpha value is -1.44. The molecule has 0 saturated carbocycles. The molecule has 0 saturated heterocycles. The first kappa shape index (κ1) is 14.6. The molecule has 0 aliphatic heterocycles. The number of nitrogens with one attached hydrogen (secondary N) is 2. The molecule has 1 aromatic rings. The number of aromatic nitrogens is 2. The van der Waals surface area contributed by atoms with Crippen molar-refractivity contribution in [2.75, 3.05) is 31.1 Å². The standard InChI is InChI=1S/C11H21N5O2/c1-7-10(13-8(2)14-11(7)16-12)15-9(4-5-17)6-18-3/h9,17H,4-6,12H2,1-3H3,(H2,13,14,15,16). The number of ether oxygens (including phenoxy) is 1. The molecule has 0 bridgehead atoms. The highest BCUT2D eigenvalue weighted by molar-refractivity contribution is 5.57. The molecule has 1 rings (SSSR count). The van der Waals surface area contributed by atoms with Crippen molar-refractivity contribution in [2.45, 2.75) is 26.3 Å². The first-order valence-corrected chi connectivity index (χ1v) is 5.80. The van der Waals surface area contributed by atoms with Gasteiger partial charge in [-0.05, 0) is 20.3 Å². The van der Waals surface area contributed by atoms with E-state index < -0.39 is 0 Å². The van der Waals surface area contributed by atoms with Crippen molar-refractivity contribution >= 4 is 11.6 Å². The predicted molar refractivity (Wildman–Crippen MR) is 70.3 cm³/mol. The number of methoxy groups -OCH3 is 1. The van der Waals surface area contributed by atoms with E-state index in [9.17, 15) is 0 Å². The Morgan fingerprint density at radius 1 is 1.33 bits per heavy atom. The molecule has 0 aromatic carbocycles. The lowest BCUT2D eigenvalue weighted by Crippen LogP contribution is -2.27. The van der Waals surface area contributed by atoms with Crippen molar-refractivity contribution in [1.82, 2.24) is 9.97 Å². The largest absolute Gasteiger partial charge is 0.396 e. The molecular weight excluding hydrogens is 234 g/mol. The topological polar surface area (TPSA) is 105 Å². The third-order valence-corrected chi connectivity index (χ3v) is 2.58. The molecule has 1 heterocycles. The van der Waals surface area contributed by atoms with Crippen molar-refractivity contribution in [1.29, 1.82) is 0 Å². The summed E-state index contributed by atoms with van der Waals surface area (Å²) in [5.74, 6) is 7.31. The van der Waals surface area contributed by atoms with Crippen LogP contribution in [0.5, 0.6) is 0 Å². The van der Waals surface area contributed by atoms with Gasteiger partial charge in [-0.2, -0.15) is 0 Å². The lowest BCUT2D eigenvalue weighted by atomic mass is 10.2. The lowest BCUT2D eigenvalue weighted by Gasteiger charge is -2.20. The summed E-state index contributed by atoms with van der Waals surface area (Å²) < 4.78 is 5.10. The van der Waals surface area contributed by atoms with E-state index in [0.717, 1.165) is 5.56 Å². The minimum absolute atomic E-state index is 0.00127. The third-order valence-electron chi connectivity index (χ3n) is 2.58. The zero-order valence-electron chi connectivity index (χ0n) is 11.0. The van der Waals surface area contributed by atoms with Gasteiger partial charge in [-0.15, -0.1) is 0 Å². The predicted octanol–water partition coefficient (Wildman–Crippen LogP) is 0.188. The molecule has 0 spiro atoms. The fourth-order valence-corrected chi connectivity index (χ4v) is 1.66. The number of hydrazine groups is 1. The fourth-order valence-electron chi connectivity index (χ4n) is 1.66. The van der Waals surface area contributed by atoms with Gasteiger partial charge < -0.3 is 20.6 Å². The molecular formula is C11H21N5O2. The number of hydrogen-bond acceptors (Lipinski definition) is 7. The summed E-state index contributed by atoms with van der Waals surface area (Å²) in [5.41, 5.74) is 3.38. The van der Waals surface area contributed by atoms with Crippen molar-refractivity contribution in [3.8, 4) is 0 Å². The van der Waals surface area contributed by atoms with Crippen LogP contribution >= 0.6 is 0 Å². The van der Waals surface area contributed by atoms with E-state index in [-0.39, 0.29) is 12.6 Å². The molecule has 0 amide bonds. The summed E-state index contributed by atoms with van der Waals surface area (Å²) in [5, 5.41) is 12.2. The quantitative estimate of drug-likeness (QED) is 0.407. The van der Waals surface area contributed by atoms with E-state index in [1.807, 2.05) is 6.92 Å². The van der Waals surface area contributed by atoms with Gasteiger partial charge in [0.05, 0.1) is 12.6 Å². The first-order chi connectivity index (χ1) is 8.62. The highest BCUT2D eigenvalue weighted by Crippen LogP contribution is 2.20. The van der Waals surface area contributed by atoms with Crippen LogP contribution in [0.2, 0.25) is 0 Å².